The van der Waals surface area contributed by atoms with Gasteiger partial charge in [-0.25, -0.2) is 0 Å². The van der Waals surface area contributed by atoms with Crippen LogP contribution in [0.25, 0.3) is 0 Å². The molecule has 28 heavy (non-hydrogen) atoms. The van der Waals surface area contributed by atoms with Crippen LogP contribution >= 0.6 is 0 Å². The first-order valence-electron chi connectivity index (χ1n) is 10.2. The number of benzene rings is 1. The Kier molecular flexibility index (Phi) is 5.62. The van der Waals surface area contributed by atoms with E-state index in [4.69, 9.17) is 4.74 Å². The number of hydrogen-bond acceptors (Lipinski definition) is 5. The highest BCUT2D eigenvalue weighted by molar-refractivity contribution is 5.76. The van der Waals surface area contributed by atoms with Crippen molar-refractivity contribution in [1.29, 1.82) is 0 Å². The van der Waals surface area contributed by atoms with Crippen LogP contribution in [0.15, 0.2) is 24.3 Å². The first kappa shape index (κ1) is 18.9. The topological polar surface area (TPSA) is 63.5 Å². The Morgan fingerprint density at radius 1 is 1.21 bits per heavy atom. The van der Waals surface area contributed by atoms with E-state index in [0.717, 1.165) is 42.6 Å². The Balaban J connectivity index is 1.32. The van der Waals surface area contributed by atoms with E-state index >= 15 is 0 Å². The molecule has 2 aliphatic heterocycles. The van der Waals surface area contributed by atoms with Crippen LogP contribution in [-0.2, 0) is 17.9 Å². The van der Waals surface area contributed by atoms with Crippen molar-refractivity contribution in [1.82, 2.24) is 24.6 Å². The second-order valence-electron chi connectivity index (χ2n) is 7.91. The number of aryl methyl sites for hydroxylation is 1. The Hall–Kier alpha value is -2.41. The van der Waals surface area contributed by atoms with Crippen molar-refractivity contribution in [2.45, 2.75) is 45.2 Å². The van der Waals surface area contributed by atoms with E-state index in [-0.39, 0.29) is 5.91 Å². The van der Waals surface area contributed by atoms with Crippen LogP contribution in [0.1, 0.15) is 42.4 Å². The standard InChI is InChI=1S/C21H29N5O2/c1-16-6-3-4-8-18(16)28-13-9-20(27)25-11-12-26-19(15-25)22-23-21(26)17-7-5-10-24(2)14-17/h3-4,6,8,17H,5,7,9-15H2,1-2H3. The molecule has 0 bridgehead atoms. The minimum Gasteiger partial charge on any atom is -0.493 e. The zero-order valence-corrected chi connectivity index (χ0v) is 16.8. The van der Waals surface area contributed by atoms with Crippen molar-refractivity contribution in [3.63, 3.8) is 0 Å². The number of piperidine rings is 1. The Morgan fingerprint density at radius 3 is 2.89 bits per heavy atom. The molecule has 150 valence electrons. The smallest absolute Gasteiger partial charge is 0.226 e. The van der Waals surface area contributed by atoms with Crippen molar-refractivity contribution >= 4 is 5.91 Å². The molecule has 1 saturated heterocycles. The number of ether oxygens (including phenoxy) is 1. The molecular formula is C21H29N5O2. The van der Waals surface area contributed by atoms with Crippen molar-refractivity contribution in [3.8, 4) is 5.75 Å². The second kappa shape index (κ2) is 8.31. The molecule has 4 rings (SSSR count). The summed E-state index contributed by atoms with van der Waals surface area (Å²) < 4.78 is 8.01. The van der Waals surface area contributed by atoms with Gasteiger partial charge in [0.05, 0.1) is 19.6 Å². The van der Waals surface area contributed by atoms with Crippen molar-refractivity contribution < 1.29 is 9.53 Å². The summed E-state index contributed by atoms with van der Waals surface area (Å²) in [5.74, 6) is 3.40. The van der Waals surface area contributed by atoms with E-state index in [0.29, 0.717) is 32.0 Å². The fourth-order valence-electron chi connectivity index (χ4n) is 4.20. The van der Waals surface area contributed by atoms with E-state index in [1.54, 1.807) is 0 Å². The van der Waals surface area contributed by atoms with Crippen LogP contribution < -0.4 is 4.74 Å². The van der Waals surface area contributed by atoms with Gasteiger partial charge in [0, 0.05) is 25.6 Å². The van der Waals surface area contributed by atoms with E-state index in [2.05, 4.69) is 26.7 Å². The lowest BCUT2D eigenvalue weighted by Crippen LogP contribution is -2.40. The molecule has 7 heteroatoms. The Morgan fingerprint density at radius 2 is 2.07 bits per heavy atom. The van der Waals surface area contributed by atoms with Gasteiger partial charge in [0.15, 0.2) is 5.82 Å². The number of nitrogens with zero attached hydrogens (tertiary/aromatic N) is 5. The van der Waals surface area contributed by atoms with Gasteiger partial charge >= 0.3 is 0 Å². The SMILES string of the molecule is Cc1ccccc1OCCC(=O)N1CCn2c(nnc2C2CCCN(C)C2)C1. The van der Waals surface area contributed by atoms with Gasteiger partial charge in [0.25, 0.3) is 0 Å². The number of fused-ring (bicyclic) bond motifs is 1. The molecule has 1 unspecified atom stereocenters. The van der Waals surface area contributed by atoms with Crippen molar-refractivity contribution in [2.75, 3.05) is 33.3 Å². The lowest BCUT2D eigenvalue weighted by Gasteiger charge is -2.32. The van der Waals surface area contributed by atoms with Crippen molar-refractivity contribution in [2.24, 2.45) is 0 Å². The minimum absolute atomic E-state index is 0.113. The van der Waals surface area contributed by atoms with Gasteiger partial charge in [-0.15, -0.1) is 10.2 Å². The summed E-state index contributed by atoms with van der Waals surface area (Å²) in [5, 5.41) is 8.88. The molecule has 0 N–H and O–H groups in total. The predicted molar refractivity (Wildman–Crippen MR) is 106 cm³/mol. The maximum absolute atomic E-state index is 12.6. The van der Waals surface area contributed by atoms with Crippen LogP contribution in [-0.4, -0.2) is 63.8 Å². The lowest BCUT2D eigenvalue weighted by molar-refractivity contribution is -0.133. The highest BCUT2D eigenvalue weighted by atomic mass is 16.5. The van der Waals surface area contributed by atoms with Crippen LogP contribution in [0.2, 0.25) is 0 Å². The predicted octanol–water partition coefficient (Wildman–Crippen LogP) is 2.21. The van der Waals surface area contributed by atoms with Gasteiger partial charge in [0.1, 0.15) is 11.6 Å². The summed E-state index contributed by atoms with van der Waals surface area (Å²) in [6, 6.07) is 7.88. The highest BCUT2D eigenvalue weighted by Crippen LogP contribution is 2.27. The maximum atomic E-state index is 12.6. The summed E-state index contributed by atoms with van der Waals surface area (Å²) in [7, 11) is 2.17. The molecule has 0 spiro atoms. The second-order valence-corrected chi connectivity index (χ2v) is 7.91. The number of aromatic nitrogens is 3. The average Bonchev–Trinajstić information content (AvgIpc) is 3.12. The highest BCUT2D eigenvalue weighted by Gasteiger charge is 2.29. The van der Waals surface area contributed by atoms with Gasteiger partial charge in [-0.3, -0.25) is 4.79 Å². The van der Waals surface area contributed by atoms with Gasteiger partial charge in [-0.05, 0) is 45.0 Å². The van der Waals surface area contributed by atoms with E-state index in [9.17, 15) is 4.79 Å². The molecule has 2 aliphatic rings. The molecule has 0 aliphatic carbocycles. The third kappa shape index (κ3) is 4.04. The number of likely N-dealkylation sites (tertiary alicyclic amines) is 1. The van der Waals surface area contributed by atoms with Gasteiger partial charge < -0.3 is 19.1 Å². The number of likely N-dealkylation sites (N-methyl/N-ethyl adjacent to an activating group) is 1. The van der Waals surface area contributed by atoms with Crippen LogP contribution in [0.4, 0.5) is 0 Å². The maximum Gasteiger partial charge on any atom is 0.226 e. The number of para-hydroxylation sites is 1. The first-order chi connectivity index (χ1) is 13.6. The summed E-state index contributed by atoms with van der Waals surface area (Å²) >= 11 is 0. The van der Waals surface area contributed by atoms with Gasteiger partial charge in [0.2, 0.25) is 5.91 Å². The van der Waals surface area contributed by atoms with E-state index in [1.807, 2.05) is 36.1 Å². The molecule has 0 saturated carbocycles. The summed E-state index contributed by atoms with van der Waals surface area (Å²) in [5.41, 5.74) is 1.09. The number of carbonyl (C=O) groups is 1. The van der Waals surface area contributed by atoms with Crippen LogP contribution in [0.5, 0.6) is 5.75 Å². The Labute approximate surface area is 166 Å². The molecule has 2 aromatic rings. The average molecular weight is 383 g/mol. The van der Waals surface area contributed by atoms with Crippen LogP contribution in [0.3, 0.4) is 0 Å². The molecule has 1 amide bonds. The van der Waals surface area contributed by atoms with Gasteiger partial charge in [-0.1, -0.05) is 18.2 Å². The lowest BCUT2D eigenvalue weighted by atomic mass is 9.97. The monoisotopic (exact) mass is 383 g/mol. The molecule has 7 nitrogen and oxygen atoms in total. The van der Waals surface area contributed by atoms with Crippen molar-refractivity contribution in [3.05, 3.63) is 41.5 Å². The number of hydrogen-bond donors (Lipinski definition) is 0. The molecule has 1 aromatic heterocycles. The molecule has 1 fully saturated rings. The molecule has 1 aromatic carbocycles. The molecular weight excluding hydrogens is 354 g/mol. The van der Waals surface area contributed by atoms with E-state index < -0.39 is 0 Å². The third-order valence-electron chi connectivity index (χ3n) is 5.79. The fraction of sp³-hybridized carbons (Fsp3) is 0.571. The number of carbonyl (C=O) groups excluding carboxylic acids is 1. The first-order valence-corrected chi connectivity index (χ1v) is 10.2. The molecule has 0 radical (unpaired) electrons. The third-order valence-corrected chi connectivity index (χ3v) is 5.79. The normalized spacial score (nSPS) is 20.1. The minimum atomic E-state index is 0.113. The number of amides is 1. The van der Waals surface area contributed by atoms with Crippen LogP contribution in [0, 0.1) is 6.92 Å². The molecule has 3 heterocycles. The largest absolute Gasteiger partial charge is 0.493 e. The molecule has 1 atom stereocenters. The summed E-state index contributed by atoms with van der Waals surface area (Å²) in [4.78, 5) is 16.9. The zero-order chi connectivity index (χ0) is 19.5. The Bertz CT molecular complexity index is 834. The quantitative estimate of drug-likeness (QED) is 0.792. The van der Waals surface area contributed by atoms with E-state index in [1.165, 1.54) is 12.8 Å². The zero-order valence-electron chi connectivity index (χ0n) is 16.8. The summed E-state index contributed by atoms with van der Waals surface area (Å²) in [6.07, 6.45) is 2.75. The number of rotatable bonds is 5. The fourth-order valence-corrected chi connectivity index (χ4v) is 4.20. The summed E-state index contributed by atoms with van der Waals surface area (Å²) in [6.45, 7) is 6.63. The van der Waals surface area contributed by atoms with Gasteiger partial charge in [-0.2, -0.15) is 0 Å².